The molecule has 4 heteroatoms. The Balaban J connectivity index is 2.29. The van der Waals surface area contributed by atoms with Gasteiger partial charge < -0.3 is 14.2 Å². The molecule has 2 aliphatic heterocycles. The number of fused-ring (bicyclic) bond motifs is 2. The van der Waals surface area contributed by atoms with Crippen LogP contribution in [0.1, 0.15) is 34.3 Å². The van der Waals surface area contributed by atoms with E-state index in [4.69, 9.17) is 14.2 Å². The Morgan fingerprint density at radius 3 is 2.39 bits per heavy atom. The molecule has 18 heavy (non-hydrogen) atoms. The Morgan fingerprint density at radius 2 is 1.72 bits per heavy atom. The van der Waals surface area contributed by atoms with Gasteiger partial charge in [-0.05, 0) is 25.7 Å². The summed E-state index contributed by atoms with van der Waals surface area (Å²) in [7, 11) is 1.64. The van der Waals surface area contributed by atoms with Crippen LogP contribution >= 0.6 is 0 Å². The number of hydrogen-bond acceptors (Lipinski definition) is 4. The van der Waals surface area contributed by atoms with Gasteiger partial charge in [-0.2, -0.15) is 0 Å². The lowest BCUT2D eigenvalue weighted by molar-refractivity contribution is 0.111. The molecule has 1 aromatic rings. The van der Waals surface area contributed by atoms with E-state index in [1.165, 1.54) is 0 Å². The second-order valence-electron chi connectivity index (χ2n) is 4.58. The van der Waals surface area contributed by atoms with Crippen molar-refractivity contribution in [3.05, 3.63) is 16.7 Å². The zero-order valence-electron chi connectivity index (χ0n) is 10.5. The van der Waals surface area contributed by atoms with Gasteiger partial charge in [0.25, 0.3) is 0 Å². The van der Waals surface area contributed by atoms with E-state index in [1.54, 1.807) is 7.11 Å². The predicted molar refractivity (Wildman–Crippen MR) is 66.0 cm³/mol. The predicted octanol–water partition coefficient (Wildman–Crippen LogP) is 2.16. The van der Waals surface area contributed by atoms with Gasteiger partial charge in [0.2, 0.25) is 0 Å². The van der Waals surface area contributed by atoms with Crippen LogP contribution < -0.4 is 14.2 Å². The van der Waals surface area contributed by atoms with Crippen LogP contribution in [0.5, 0.6) is 17.2 Å². The Bertz CT molecular complexity index is 456. The molecule has 4 nitrogen and oxygen atoms in total. The number of methoxy groups -OCH3 is 1. The molecule has 0 radical (unpaired) electrons. The van der Waals surface area contributed by atoms with Crippen LogP contribution in [0.25, 0.3) is 0 Å². The summed E-state index contributed by atoms with van der Waals surface area (Å²) in [6.07, 6.45) is 4.47. The van der Waals surface area contributed by atoms with Crippen molar-refractivity contribution in [3.63, 3.8) is 0 Å². The maximum atomic E-state index is 11.4. The van der Waals surface area contributed by atoms with E-state index in [1.807, 2.05) is 0 Å². The average molecular weight is 248 g/mol. The van der Waals surface area contributed by atoms with E-state index in [-0.39, 0.29) is 0 Å². The minimum absolute atomic E-state index is 0.653. The fourth-order valence-corrected chi connectivity index (χ4v) is 2.78. The molecule has 0 saturated heterocycles. The minimum Gasteiger partial charge on any atom is -0.492 e. The third-order valence-corrected chi connectivity index (χ3v) is 3.56. The second kappa shape index (κ2) is 4.52. The Morgan fingerprint density at radius 1 is 1.06 bits per heavy atom. The molecule has 0 saturated carbocycles. The third-order valence-electron chi connectivity index (χ3n) is 3.56. The molecule has 0 spiro atoms. The first-order valence-corrected chi connectivity index (χ1v) is 6.33. The van der Waals surface area contributed by atoms with Gasteiger partial charge in [0.05, 0.1) is 25.9 Å². The zero-order valence-corrected chi connectivity index (χ0v) is 10.5. The molecule has 0 N–H and O–H groups in total. The molecule has 0 unspecified atom stereocenters. The summed E-state index contributed by atoms with van der Waals surface area (Å²) in [5.74, 6) is 2.21. The fourth-order valence-electron chi connectivity index (χ4n) is 2.78. The number of benzene rings is 1. The molecule has 96 valence electrons. The number of carbonyl (C=O) groups is 1. The topological polar surface area (TPSA) is 44.8 Å². The fraction of sp³-hybridized carbons (Fsp3) is 0.500. The van der Waals surface area contributed by atoms with Gasteiger partial charge >= 0.3 is 0 Å². The first kappa shape index (κ1) is 11.4. The van der Waals surface area contributed by atoms with Gasteiger partial charge in [0.1, 0.15) is 5.75 Å². The molecule has 3 rings (SSSR count). The molecule has 0 bridgehead atoms. The number of rotatable bonds is 2. The molecule has 0 aromatic heterocycles. The monoisotopic (exact) mass is 248 g/mol. The molecular formula is C14H16O4. The van der Waals surface area contributed by atoms with E-state index in [0.717, 1.165) is 54.6 Å². The van der Waals surface area contributed by atoms with Gasteiger partial charge in [0.15, 0.2) is 17.8 Å². The van der Waals surface area contributed by atoms with Crippen LogP contribution in [0, 0.1) is 0 Å². The summed E-state index contributed by atoms with van der Waals surface area (Å²) in [6, 6.07) is 0. The summed E-state index contributed by atoms with van der Waals surface area (Å²) in [4.78, 5) is 11.4. The summed E-state index contributed by atoms with van der Waals surface area (Å²) in [5, 5.41) is 0. The number of hydrogen-bond donors (Lipinski definition) is 0. The third kappa shape index (κ3) is 1.55. The van der Waals surface area contributed by atoms with Crippen LogP contribution in [0.15, 0.2) is 0 Å². The van der Waals surface area contributed by atoms with Gasteiger partial charge in [-0.3, -0.25) is 4.79 Å². The van der Waals surface area contributed by atoms with Crippen LogP contribution in [0.4, 0.5) is 0 Å². The molecule has 0 amide bonds. The van der Waals surface area contributed by atoms with Gasteiger partial charge in [-0.1, -0.05) is 0 Å². The smallest absolute Gasteiger partial charge is 0.167 e. The lowest BCUT2D eigenvalue weighted by Gasteiger charge is -2.28. The quantitative estimate of drug-likeness (QED) is 0.752. The molecule has 0 atom stereocenters. The highest BCUT2D eigenvalue weighted by Crippen LogP contribution is 2.47. The van der Waals surface area contributed by atoms with Gasteiger partial charge in [0, 0.05) is 11.1 Å². The van der Waals surface area contributed by atoms with E-state index in [2.05, 4.69) is 0 Å². The number of carbonyl (C=O) groups excluding carboxylic acids is 1. The van der Waals surface area contributed by atoms with Gasteiger partial charge in [-0.25, -0.2) is 0 Å². The van der Waals surface area contributed by atoms with E-state index in [0.29, 0.717) is 24.5 Å². The largest absolute Gasteiger partial charge is 0.492 e. The lowest BCUT2D eigenvalue weighted by atomic mass is 9.92. The van der Waals surface area contributed by atoms with Crippen LogP contribution in [0.3, 0.4) is 0 Å². The highest BCUT2D eigenvalue weighted by molar-refractivity contribution is 5.86. The Hall–Kier alpha value is -1.71. The maximum Gasteiger partial charge on any atom is 0.167 e. The minimum atomic E-state index is 0.653. The standard InChI is InChI=1S/C14H16O4/c1-16-13-10-5-3-6-17-12(10)11(8-15)9-4-2-7-18-14(9)13/h8H,2-7H2,1H3. The summed E-state index contributed by atoms with van der Waals surface area (Å²) >= 11 is 0. The summed E-state index contributed by atoms with van der Waals surface area (Å²) in [5.41, 5.74) is 2.57. The molecular weight excluding hydrogens is 232 g/mol. The van der Waals surface area contributed by atoms with Crippen LogP contribution in [0.2, 0.25) is 0 Å². The highest BCUT2D eigenvalue weighted by Gasteiger charge is 2.29. The van der Waals surface area contributed by atoms with Crippen molar-refractivity contribution in [1.82, 2.24) is 0 Å². The van der Waals surface area contributed by atoms with Crippen LogP contribution in [-0.4, -0.2) is 26.6 Å². The molecule has 0 aliphatic carbocycles. The molecule has 2 heterocycles. The van der Waals surface area contributed by atoms with Crippen molar-refractivity contribution in [2.75, 3.05) is 20.3 Å². The van der Waals surface area contributed by atoms with Crippen LogP contribution in [-0.2, 0) is 12.8 Å². The molecule has 0 fully saturated rings. The normalized spacial score (nSPS) is 16.9. The van der Waals surface area contributed by atoms with Crippen molar-refractivity contribution < 1.29 is 19.0 Å². The summed E-state index contributed by atoms with van der Waals surface area (Å²) in [6.45, 7) is 1.35. The van der Waals surface area contributed by atoms with Crippen molar-refractivity contribution in [2.24, 2.45) is 0 Å². The van der Waals surface area contributed by atoms with E-state index >= 15 is 0 Å². The summed E-state index contributed by atoms with van der Waals surface area (Å²) < 4.78 is 16.9. The van der Waals surface area contributed by atoms with Gasteiger partial charge in [-0.15, -0.1) is 0 Å². The first-order valence-electron chi connectivity index (χ1n) is 6.33. The average Bonchev–Trinajstić information content (AvgIpc) is 2.44. The van der Waals surface area contributed by atoms with Crippen molar-refractivity contribution in [1.29, 1.82) is 0 Å². The Labute approximate surface area is 106 Å². The first-order chi connectivity index (χ1) is 8.86. The highest BCUT2D eigenvalue weighted by atomic mass is 16.5. The van der Waals surface area contributed by atoms with Crippen molar-refractivity contribution in [3.8, 4) is 17.2 Å². The SMILES string of the molecule is COc1c2c(c(C=O)c3c1OCCC3)OCCC2. The van der Waals surface area contributed by atoms with E-state index in [9.17, 15) is 4.79 Å². The maximum absolute atomic E-state index is 11.4. The molecule has 2 aliphatic rings. The zero-order chi connectivity index (χ0) is 12.5. The number of ether oxygens (including phenoxy) is 3. The van der Waals surface area contributed by atoms with Crippen molar-refractivity contribution in [2.45, 2.75) is 25.7 Å². The molecule has 1 aromatic carbocycles. The van der Waals surface area contributed by atoms with E-state index < -0.39 is 0 Å². The second-order valence-corrected chi connectivity index (χ2v) is 4.58. The number of aldehydes is 1. The van der Waals surface area contributed by atoms with Crippen molar-refractivity contribution >= 4 is 6.29 Å². The Kier molecular flexibility index (Phi) is 2.86. The lowest BCUT2D eigenvalue weighted by Crippen LogP contribution is -2.18.